The third-order valence-electron chi connectivity index (χ3n) is 2.83. The Labute approximate surface area is 118 Å². The van der Waals surface area contributed by atoms with Crippen LogP contribution in [0.4, 0.5) is 5.82 Å². The predicted octanol–water partition coefficient (Wildman–Crippen LogP) is 2.67. The van der Waals surface area contributed by atoms with E-state index in [4.69, 9.17) is 10.00 Å². The molecule has 1 N–H and O–H groups in total. The lowest BCUT2D eigenvalue weighted by molar-refractivity contribution is 0.324. The molecule has 1 heterocycles. The fourth-order valence-electron chi connectivity index (χ4n) is 1.83. The van der Waals surface area contributed by atoms with Crippen LogP contribution in [0.2, 0.25) is 0 Å². The van der Waals surface area contributed by atoms with Crippen molar-refractivity contribution in [3.63, 3.8) is 0 Å². The molecule has 0 amide bonds. The van der Waals surface area contributed by atoms with E-state index in [2.05, 4.69) is 21.4 Å². The van der Waals surface area contributed by atoms with Crippen LogP contribution in [0.3, 0.4) is 0 Å². The summed E-state index contributed by atoms with van der Waals surface area (Å²) in [6.07, 6.45) is 1.48. The van der Waals surface area contributed by atoms with Crippen molar-refractivity contribution in [3.8, 4) is 11.9 Å². The minimum absolute atomic E-state index is 0.571. The van der Waals surface area contributed by atoms with Gasteiger partial charge >= 0.3 is 0 Å². The number of hydrogen-bond acceptors (Lipinski definition) is 5. The van der Waals surface area contributed by atoms with Crippen LogP contribution in [0, 0.1) is 18.3 Å². The van der Waals surface area contributed by atoms with Crippen molar-refractivity contribution in [1.82, 2.24) is 9.97 Å². The van der Waals surface area contributed by atoms with Crippen molar-refractivity contribution in [2.75, 3.05) is 11.9 Å². The lowest BCUT2D eigenvalue weighted by atomic mass is 10.1. The number of benzene rings is 1. The number of nitrogens with zero attached hydrogens (tertiary/aromatic N) is 3. The summed E-state index contributed by atoms with van der Waals surface area (Å²) in [5, 5.41) is 12.1. The van der Waals surface area contributed by atoms with E-state index in [9.17, 15) is 0 Å². The zero-order valence-electron chi connectivity index (χ0n) is 11.6. The molecule has 0 radical (unpaired) electrons. The molecule has 0 saturated carbocycles. The molecule has 0 spiro atoms. The van der Waals surface area contributed by atoms with Crippen LogP contribution >= 0.6 is 0 Å². The molecule has 2 aromatic rings. The SMILES string of the molecule is CCOc1ncnc(NCc2cccc(C#N)c2)c1C. The van der Waals surface area contributed by atoms with Gasteiger partial charge in [-0.2, -0.15) is 5.26 Å². The van der Waals surface area contributed by atoms with E-state index in [1.165, 1.54) is 6.33 Å². The van der Waals surface area contributed by atoms with Crippen molar-refractivity contribution >= 4 is 5.82 Å². The molecule has 1 aromatic heterocycles. The second-order valence-corrected chi connectivity index (χ2v) is 4.25. The Morgan fingerprint density at radius 2 is 2.20 bits per heavy atom. The molecule has 0 bridgehead atoms. The summed E-state index contributed by atoms with van der Waals surface area (Å²) in [4.78, 5) is 8.31. The number of nitrogens with one attached hydrogen (secondary N) is 1. The molecule has 5 heteroatoms. The van der Waals surface area contributed by atoms with Gasteiger partial charge in [0.25, 0.3) is 0 Å². The fraction of sp³-hybridized carbons (Fsp3) is 0.267. The Bertz CT molecular complexity index is 634. The summed E-state index contributed by atoms with van der Waals surface area (Å²) >= 11 is 0. The van der Waals surface area contributed by atoms with Gasteiger partial charge in [0.1, 0.15) is 12.1 Å². The van der Waals surface area contributed by atoms with Gasteiger partial charge in [-0.05, 0) is 31.5 Å². The summed E-state index contributed by atoms with van der Waals surface area (Å²) in [5.74, 6) is 1.33. The van der Waals surface area contributed by atoms with Crippen LogP contribution in [-0.2, 0) is 6.54 Å². The number of nitriles is 1. The highest BCUT2D eigenvalue weighted by molar-refractivity contribution is 5.48. The van der Waals surface area contributed by atoms with Crippen molar-refractivity contribution in [1.29, 1.82) is 5.26 Å². The van der Waals surface area contributed by atoms with Gasteiger partial charge in [-0.3, -0.25) is 0 Å². The van der Waals surface area contributed by atoms with Gasteiger partial charge in [0.05, 0.1) is 23.8 Å². The molecule has 1 aromatic carbocycles. The van der Waals surface area contributed by atoms with Gasteiger partial charge in [0.15, 0.2) is 0 Å². The Morgan fingerprint density at radius 1 is 1.35 bits per heavy atom. The van der Waals surface area contributed by atoms with Gasteiger partial charge in [-0.15, -0.1) is 0 Å². The zero-order chi connectivity index (χ0) is 14.4. The topological polar surface area (TPSA) is 70.8 Å². The highest BCUT2D eigenvalue weighted by Crippen LogP contribution is 2.20. The molecule has 2 rings (SSSR count). The monoisotopic (exact) mass is 268 g/mol. The third kappa shape index (κ3) is 3.23. The molecule has 5 nitrogen and oxygen atoms in total. The summed E-state index contributed by atoms with van der Waals surface area (Å²) in [7, 11) is 0. The number of rotatable bonds is 5. The Kier molecular flexibility index (Phi) is 4.51. The van der Waals surface area contributed by atoms with Gasteiger partial charge in [0.2, 0.25) is 5.88 Å². The Morgan fingerprint density at radius 3 is 2.95 bits per heavy atom. The largest absolute Gasteiger partial charge is 0.478 e. The molecule has 0 saturated heterocycles. The molecule has 20 heavy (non-hydrogen) atoms. The first kappa shape index (κ1) is 13.8. The van der Waals surface area contributed by atoms with Crippen LogP contribution in [0.15, 0.2) is 30.6 Å². The average molecular weight is 268 g/mol. The normalized spacial score (nSPS) is 9.85. The lowest BCUT2D eigenvalue weighted by Crippen LogP contribution is -2.06. The predicted molar refractivity (Wildman–Crippen MR) is 76.4 cm³/mol. The second kappa shape index (κ2) is 6.53. The maximum absolute atomic E-state index is 8.88. The van der Waals surface area contributed by atoms with E-state index in [1.54, 1.807) is 6.07 Å². The number of anilines is 1. The molecule has 0 aliphatic rings. The van der Waals surface area contributed by atoms with Gasteiger partial charge in [0, 0.05) is 6.54 Å². The molecule has 0 atom stereocenters. The van der Waals surface area contributed by atoms with Crippen LogP contribution < -0.4 is 10.1 Å². The van der Waals surface area contributed by atoms with Gasteiger partial charge < -0.3 is 10.1 Å². The first-order chi connectivity index (χ1) is 9.74. The van der Waals surface area contributed by atoms with Crippen molar-refractivity contribution < 1.29 is 4.74 Å². The van der Waals surface area contributed by atoms with Crippen LogP contribution in [-0.4, -0.2) is 16.6 Å². The summed E-state index contributed by atoms with van der Waals surface area (Å²) in [6, 6.07) is 9.60. The van der Waals surface area contributed by atoms with E-state index in [1.807, 2.05) is 32.0 Å². The van der Waals surface area contributed by atoms with Crippen molar-refractivity contribution in [2.45, 2.75) is 20.4 Å². The Hall–Kier alpha value is -2.61. The molecular weight excluding hydrogens is 252 g/mol. The maximum atomic E-state index is 8.88. The average Bonchev–Trinajstić information content (AvgIpc) is 2.48. The Balaban J connectivity index is 2.11. The van der Waals surface area contributed by atoms with E-state index < -0.39 is 0 Å². The molecule has 0 unspecified atom stereocenters. The van der Waals surface area contributed by atoms with E-state index >= 15 is 0 Å². The number of aromatic nitrogens is 2. The van der Waals surface area contributed by atoms with Crippen molar-refractivity contribution in [3.05, 3.63) is 47.3 Å². The highest BCUT2D eigenvalue weighted by atomic mass is 16.5. The van der Waals surface area contributed by atoms with Crippen LogP contribution in [0.25, 0.3) is 0 Å². The van der Waals surface area contributed by atoms with E-state index in [-0.39, 0.29) is 0 Å². The zero-order valence-corrected chi connectivity index (χ0v) is 11.6. The molecule has 0 aliphatic heterocycles. The number of hydrogen-bond donors (Lipinski definition) is 1. The second-order valence-electron chi connectivity index (χ2n) is 4.25. The standard InChI is InChI=1S/C15H16N4O/c1-3-20-15-11(2)14(18-10-19-15)17-9-13-6-4-5-12(7-13)8-16/h4-7,10H,3,9H2,1-2H3,(H,17,18,19). The molecule has 0 aliphatic carbocycles. The van der Waals surface area contributed by atoms with Crippen molar-refractivity contribution in [2.24, 2.45) is 0 Å². The molecule has 102 valence electrons. The highest BCUT2D eigenvalue weighted by Gasteiger charge is 2.07. The summed E-state index contributed by atoms with van der Waals surface area (Å²) in [6.45, 7) is 5.00. The first-order valence-electron chi connectivity index (χ1n) is 6.42. The van der Waals surface area contributed by atoms with Gasteiger partial charge in [-0.25, -0.2) is 9.97 Å². The number of ether oxygens (including phenoxy) is 1. The fourth-order valence-corrected chi connectivity index (χ4v) is 1.83. The lowest BCUT2D eigenvalue weighted by Gasteiger charge is -2.11. The minimum atomic E-state index is 0.571. The van der Waals surface area contributed by atoms with Gasteiger partial charge in [-0.1, -0.05) is 12.1 Å². The third-order valence-corrected chi connectivity index (χ3v) is 2.83. The van der Waals surface area contributed by atoms with E-state index in [0.717, 1.165) is 16.9 Å². The minimum Gasteiger partial charge on any atom is -0.478 e. The summed E-state index contributed by atoms with van der Waals surface area (Å²) in [5.41, 5.74) is 2.56. The first-order valence-corrected chi connectivity index (χ1v) is 6.42. The van der Waals surface area contributed by atoms with Crippen LogP contribution in [0.5, 0.6) is 5.88 Å². The van der Waals surface area contributed by atoms with Crippen LogP contribution in [0.1, 0.15) is 23.6 Å². The summed E-state index contributed by atoms with van der Waals surface area (Å²) < 4.78 is 5.43. The molecule has 0 fully saturated rings. The van der Waals surface area contributed by atoms with E-state index in [0.29, 0.717) is 24.6 Å². The molecular formula is C15H16N4O. The maximum Gasteiger partial charge on any atom is 0.221 e. The smallest absolute Gasteiger partial charge is 0.221 e. The quantitative estimate of drug-likeness (QED) is 0.902.